The van der Waals surface area contributed by atoms with Crippen molar-refractivity contribution in [2.75, 3.05) is 6.54 Å². The minimum Gasteiger partial charge on any atom is -0.481 e. The number of aliphatic carboxylic acids is 1. The fourth-order valence-electron chi connectivity index (χ4n) is 6.74. The molecule has 42 heavy (non-hydrogen) atoms. The maximum Gasteiger partial charge on any atom is 0.307 e. The first-order valence-electron chi connectivity index (χ1n) is 15.2. The molecule has 0 fully saturated rings. The normalized spacial score (nSPS) is 18.7. The van der Waals surface area contributed by atoms with Crippen LogP contribution in [0.4, 0.5) is 0 Å². The molecule has 0 radical (unpaired) electrons. The molecule has 8 nitrogen and oxygen atoms in total. The third-order valence-electron chi connectivity index (χ3n) is 9.29. The molecule has 0 aliphatic carbocycles. The number of rotatable bonds is 2. The van der Waals surface area contributed by atoms with Crippen molar-refractivity contribution < 1.29 is 14.7 Å². The molecular weight excluding hydrogens is 526 g/mol. The van der Waals surface area contributed by atoms with Gasteiger partial charge in [-0.3, -0.25) is 9.59 Å². The zero-order valence-corrected chi connectivity index (χ0v) is 24.8. The number of benzene rings is 2. The van der Waals surface area contributed by atoms with Crippen molar-refractivity contribution in [2.45, 2.75) is 84.7 Å². The molecule has 2 atom stereocenters. The second-order valence-corrected chi connectivity index (χ2v) is 12.1. The molecule has 1 amide bonds. The van der Waals surface area contributed by atoms with Crippen molar-refractivity contribution in [3.05, 3.63) is 87.1 Å². The van der Waals surface area contributed by atoms with E-state index in [0.717, 1.165) is 96.0 Å². The predicted molar refractivity (Wildman–Crippen MR) is 162 cm³/mol. The lowest BCUT2D eigenvalue weighted by Crippen LogP contribution is -2.36. The highest BCUT2D eigenvalue weighted by Crippen LogP contribution is 2.37. The van der Waals surface area contributed by atoms with E-state index in [9.17, 15) is 14.7 Å². The minimum absolute atomic E-state index is 0.0533. The fraction of sp³-hybridized carbons (Fsp3) is 0.441. The van der Waals surface area contributed by atoms with Gasteiger partial charge in [0.05, 0.1) is 5.92 Å². The van der Waals surface area contributed by atoms with E-state index < -0.39 is 17.8 Å². The lowest BCUT2D eigenvalue weighted by atomic mass is 9.79. The van der Waals surface area contributed by atoms with E-state index in [1.165, 1.54) is 11.1 Å². The monoisotopic (exact) mass is 565 g/mol. The first-order valence-corrected chi connectivity index (χ1v) is 15.2. The SMILES string of the molecule is Cc1cc2ccc1C(=O)N1CCc3ccc(cc3C1)[C@H]([C@@H](C)C(=O)O)c1cnc3c(nnn3CCCCCCC2)c1C. The molecule has 0 saturated carbocycles. The van der Waals surface area contributed by atoms with Gasteiger partial charge in [-0.1, -0.05) is 61.7 Å². The molecule has 5 aliphatic rings. The average Bonchev–Trinajstić information content (AvgIpc) is 3.40. The van der Waals surface area contributed by atoms with Crippen LogP contribution in [0.2, 0.25) is 0 Å². The number of pyridine rings is 1. The van der Waals surface area contributed by atoms with Crippen LogP contribution in [0.15, 0.2) is 42.6 Å². The Hall–Kier alpha value is -4.07. The smallest absolute Gasteiger partial charge is 0.307 e. The summed E-state index contributed by atoms with van der Waals surface area (Å²) in [5.74, 6) is -1.92. The predicted octanol–water partition coefficient (Wildman–Crippen LogP) is 6.00. The van der Waals surface area contributed by atoms with Crippen molar-refractivity contribution in [3.8, 4) is 0 Å². The molecule has 5 aliphatic heterocycles. The van der Waals surface area contributed by atoms with Gasteiger partial charge in [0, 0.05) is 37.3 Å². The quantitative estimate of drug-likeness (QED) is 0.320. The highest BCUT2D eigenvalue weighted by atomic mass is 16.4. The summed E-state index contributed by atoms with van der Waals surface area (Å²) >= 11 is 0. The van der Waals surface area contributed by atoms with E-state index >= 15 is 0 Å². The molecule has 2 aromatic heterocycles. The van der Waals surface area contributed by atoms with Gasteiger partial charge in [0.2, 0.25) is 0 Å². The van der Waals surface area contributed by atoms with Crippen LogP contribution >= 0.6 is 0 Å². The summed E-state index contributed by atoms with van der Waals surface area (Å²) in [5.41, 5.74) is 9.48. The number of carbonyl (C=O) groups is 2. The van der Waals surface area contributed by atoms with Gasteiger partial charge in [-0.15, -0.1) is 5.10 Å². The second-order valence-electron chi connectivity index (χ2n) is 12.1. The maximum atomic E-state index is 13.7. The number of aromatic nitrogens is 4. The number of hydrogen-bond donors (Lipinski definition) is 1. The third-order valence-corrected chi connectivity index (χ3v) is 9.29. The minimum atomic E-state index is -0.867. The molecule has 8 heteroatoms. The number of hydrogen-bond acceptors (Lipinski definition) is 5. The van der Waals surface area contributed by atoms with Gasteiger partial charge >= 0.3 is 5.97 Å². The van der Waals surface area contributed by atoms with Crippen LogP contribution in [-0.4, -0.2) is 48.4 Å². The van der Waals surface area contributed by atoms with Crippen LogP contribution in [0.5, 0.6) is 0 Å². The molecule has 2 aromatic carbocycles. The largest absolute Gasteiger partial charge is 0.481 e. The van der Waals surface area contributed by atoms with Crippen molar-refractivity contribution in [3.63, 3.8) is 0 Å². The Morgan fingerprint density at radius 3 is 2.60 bits per heavy atom. The molecule has 7 heterocycles. The van der Waals surface area contributed by atoms with E-state index in [2.05, 4.69) is 34.6 Å². The first-order chi connectivity index (χ1) is 20.3. The van der Waals surface area contributed by atoms with Crippen molar-refractivity contribution >= 4 is 23.0 Å². The molecule has 0 spiro atoms. The van der Waals surface area contributed by atoms with Crippen molar-refractivity contribution in [1.82, 2.24) is 24.9 Å². The molecule has 0 saturated heterocycles. The average molecular weight is 566 g/mol. The lowest BCUT2D eigenvalue weighted by Gasteiger charge is -2.31. The molecular formula is C34H39N5O3. The first kappa shape index (κ1) is 28.1. The Labute approximate surface area is 246 Å². The van der Waals surface area contributed by atoms with E-state index in [1.807, 2.05) is 41.8 Å². The second kappa shape index (κ2) is 11.7. The zero-order valence-electron chi connectivity index (χ0n) is 24.8. The number of aryl methyl sites for hydroxylation is 4. The van der Waals surface area contributed by atoms with E-state index in [4.69, 9.17) is 4.98 Å². The van der Waals surface area contributed by atoms with E-state index in [-0.39, 0.29) is 5.91 Å². The topological polar surface area (TPSA) is 101 Å². The van der Waals surface area contributed by atoms with Crippen LogP contribution in [0.1, 0.15) is 94.2 Å². The van der Waals surface area contributed by atoms with Crippen LogP contribution < -0.4 is 0 Å². The number of carboxylic acids is 1. The van der Waals surface area contributed by atoms with Crippen LogP contribution in [-0.2, 0) is 30.7 Å². The number of amides is 1. The van der Waals surface area contributed by atoms with Gasteiger partial charge in [-0.25, -0.2) is 9.67 Å². The highest BCUT2D eigenvalue weighted by molar-refractivity contribution is 5.95. The van der Waals surface area contributed by atoms with Gasteiger partial charge in [-0.2, -0.15) is 0 Å². The standard InChI is InChI=1S/C34H39N5O3/c1-21-17-24-9-7-5-4-6-8-15-39-32-31(36-37-39)22(2)29(19-35-32)30(23(3)34(41)42)26-12-11-25-14-16-38(20-27(25)18-26)33(40)28(21)13-10-24/h10-13,17-19,23,30H,4-9,14-16,20H2,1-3H3,(H,41,42)/t23-,30+/m1/s1. The van der Waals surface area contributed by atoms with Crippen LogP contribution in [0.3, 0.4) is 0 Å². The van der Waals surface area contributed by atoms with Crippen LogP contribution in [0, 0.1) is 19.8 Å². The summed E-state index contributed by atoms with van der Waals surface area (Å²) in [6.07, 6.45) is 9.16. The molecule has 1 N–H and O–H groups in total. The third kappa shape index (κ3) is 5.30. The van der Waals surface area contributed by atoms with Gasteiger partial charge in [0.1, 0.15) is 5.52 Å². The number of carbonyl (C=O) groups excluding carboxylic acids is 1. The van der Waals surface area contributed by atoms with E-state index in [0.29, 0.717) is 13.1 Å². The molecule has 0 unspecified atom stereocenters. The van der Waals surface area contributed by atoms with E-state index in [1.54, 1.807) is 6.92 Å². The van der Waals surface area contributed by atoms with Gasteiger partial charge in [0.25, 0.3) is 5.91 Å². The Morgan fingerprint density at radius 1 is 0.976 bits per heavy atom. The van der Waals surface area contributed by atoms with Crippen molar-refractivity contribution in [1.29, 1.82) is 0 Å². The maximum absolute atomic E-state index is 13.7. The number of nitrogens with zero attached hydrogens (tertiary/aromatic N) is 5. The number of carboxylic acid groups (broad SMARTS) is 1. The molecule has 4 aromatic rings. The van der Waals surface area contributed by atoms with Gasteiger partial charge in [-0.05, 0) is 84.5 Å². The zero-order chi connectivity index (χ0) is 29.4. The Balaban J connectivity index is 1.42. The summed E-state index contributed by atoms with van der Waals surface area (Å²) < 4.78 is 1.88. The Bertz CT molecular complexity index is 1660. The van der Waals surface area contributed by atoms with Crippen LogP contribution in [0.25, 0.3) is 11.2 Å². The summed E-state index contributed by atoms with van der Waals surface area (Å²) in [6.45, 7) is 7.70. The molecule has 218 valence electrons. The van der Waals surface area contributed by atoms with Gasteiger partial charge < -0.3 is 10.0 Å². The van der Waals surface area contributed by atoms with Gasteiger partial charge in [0.15, 0.2) is 5.65 Å². The summed E-state index contributed by atoms with van der Waals surface area (Å²) in [4.78, 5) is 32.8. The Kier molecular flexibility index (Phi) is 7.80. The summed E-state index contributed by atoms with van der Waals surface area (Å²) in [6, 6.07) is 12.5. The van der Waals surface area contributed by atoms with Crippen molar-refractivity contribution in [2.24, 2.45) is 5.92 Å². The lowest BCUT2D eigenvalue weighted by molar-refractivity contribution is -0.141. The summed E-state index contributed by atoms with van der Waals surface area (Å²) in [5, 5.41) is 19.1. The fourth-order valence-corrected chi connectivity index (χ4v) is 6.74. The molecule has 9 rings (SSSR count). The molecule has 9 bridgehead atoms. The summed E-state index contributed by atoms with van der Waals surface area (Å²) in [7, 11) is 0. The Morgan fingerprint density at radius 2 is 1.79 bits per heavy atom. The highest BCUT2D eigenvalue weighted by Gasteiger charge is 2.31.